The average molecular weight is 592 g/mol. The zero-order valence-electron chi connectivity index (χ0n) is 23.7. The molecular weight excluding hydrogens is 554 g/mol. The number of fused-ring (bicyclic) bond motifs is 2. The summed E-state index contributed by atoms with van der Waals surface area (Å²) in [5.74, 6) is -4.18. The Morgan fingerprint density at radius 1 is 1.00 bits per heavy atom. The van der Waals surface area contributed by atoms with Gasteiger partial charge >= 0.3 is 23.9 Å². The van der Waals surface area contributed by atoms with Gasteiger partial charge in [-0.25, -0.2) is 9.59 Å². The predicted octanol–water partition coefficient (Wildman–Crippen LogP) is -0.0399. The van der Waals surface area contributed by atoms with Crippen molar-refractivity contribution < 1.29 is 53.9 Å². The van der Waals surface area contributed by atoms with Gasteiger partial charge in [0.2, 0.25) is 5.91 Å². The van der Waals surface area contributed by atoms with E-state index >= 15 is 0 Å². The molecule has 1 aliphatic carbocycles. The second kappa shape index (κ2) is 14.2. The number of aromatic nitrogens is 1. The van der Waals surface area contributed by atoms with Crippen molar-refractivity contribution >= 4 is 40.7 Å². The fourth-order valence-corrected chi connectivity index (χ4v) is 5.58. The van der Waals surface area contributed by atoms with Crippen LogP contribution in [0.15, 0.2) is 24.4 Å². The monoisotopic (exact) mass is 591 g/mol. The van der Waals surface area contributed by atoms with Crippen molar-refractivity contribution in [2.75, 3.05) is 39.9 Å². The Bertz CT molecular complexity index is 1270. The zero-order chi connectivity index (χ0) is 31.1. The predicted molar refractivity (Wildman–Crippen MR) is 146 cm³/mol. The molecule has 42 heavy (non-hydrogen) atoms. The molecule has 14 nitrogen and oxygen atoms in total. The standard InChI is InChI=1S/C24H31N3O5.C4H6O6/c1-15(28)31-9-7-27(8-10-32-16(2)29)24(30)18-11-20-19-5-4-6-21-23(19)17(13-25-21)12-22(20)26(3)14-18;5-1(3(7)8)2(6)4(9)10/h4-6,13,18,20,22,25H,7-12,14H2,1-3H3;1-2,5-6H,(H,7,8)(H,9,10)/t18-,20-,22-;1-,2-/m11/s1. The van der Waals surface area contributed by atoms with E-state index in [4.69, 9.17) is 29.9 Å². The number of aromatic amines is 1. The molecule has 1 fully saturated rings. The first-order valence-corrected chi connectivity index (χ1v) is 13.5. The maximum atomic E-state index is 13.5. The number of nitrogens with one attached hydrogen (secondary N) is 1. The number of rotatable bonds is 10. The highest BCUT2D eigenvalue weighted by Crippen LogP contribution is 2.44. The summed E-state index contributed by atoms with van der Waals surface area (Å²) in [6, 6.07) is 6.74. The fraction of sp³-hybridized carbons (Fsp3) is 0.536. The number of ether oxygens (including phenoxy) is 2. The number of amides is 1. The van der Waals surface area contributed by atoms with Crippen LogP contribution in [0.2, 0.25) is 0 Å². The second-order valence-electron chi connectivity index (χ2n) is 10.4. The van der Waals surface area contributed by atoms with Gasteiger partial charge in [-0.2, -0.15) is 0 Å². The number of hydrogen-bond donors (Lipinski definition) is 5. The second-order valence-corrected chi connectivity index (χ2v) is 10.4. The number of likely N-dealkylation sites (tertiary alicyclic amines) is 1. The Morgan fingerprint density at radius 2 is 1.57 bits per heavy atom. The molecule has 4 rings (SSSR count). The number of carboxylic acid groups (broad SMARTS) is 2. The maximum absolute atomic E-state index is 13.5. The first-order valence-electron chi connectivity index (χ1n) is 13.5. The summed E-state index contributed by atoms with van der Waals surface area (Å²) in [5, 5.41) is 33.8. The number of H-pyrrole nitrogens is 1. The number of aliphatic hydroxyl groups is 2. The Morgan fingerprint density at radius 3 is 2.10 bits per heavy atom. The molecule has 0 bridgehead atoms. The van der Waals surface area contributed by atoms with Crippen LogP contribution >= 0.6 is 0 Å². The lowest BCUT2D eigenvalue weighted by Crippen LogP contribution is -2.52. The largest absolute Gasteiger partial charge is 0.479 e. The number of carbonyl (C=O) groups excluding carboxylic acids is 3. The molecule has 2 aliphatic rings. The van der Waals surface area contributed by atoms with Crippen molar-refractivity contribution in [3.05, 3.63) is 35.5 Å². The smallest absolute Gasteiger partial charge is 0.335 e. The number of carbonyl (C=O) groups is 5. The molecule has 5 atom stereocenters. The molecule has 1 amide bonds. The highest BCUT2D eigenvalue weighted by molar-refractivity contribution is 5.89. The van der Waals surface area contributed by atoms with Crippen LogP contribution in [0.1, 0.15) is 37.3 Å². The van der Waals surface area contributed by atoms with Gasteiger partial charge in [0.15, 0.2) is 12.2 Å². The number of carboxylic acids is 2. The Hall–Kier alpha value is -4.01. The van der Waals surface area contributed by atoms with E-state index in [-0.39, 0.29) is 56.0 Å². The summed E-state index contributed by atoms with van der Waals surface area (Å²) in [7, 11) is 2.09. The van der Waals surface area contributed by atoms with Crippen molar-refractivity contribution in [2.24, 2.45) is 5.92 Å². The molecule has 1 aromatic heterocycles. The van der Waals surface area contributed by atoms with Crippen LogP contribution in [0.25, 0.3) is 10.9 Å². The first kappa shape index (κ1) is 32.5. The highest BCUT2D eigenvalue weighted by atomic mass is 16.5. The highest BCUT2D eigenvalue weighted by Gasteiger charge is 2.42. The van der Waals surface area contributed by atoms with E-state index < -0.39 is 24.1 Å². The summed E-state index contributed by atoms with van der Waals surface area (Å²) in [6.07, 6.45) is -0.673. The zero-order valence-corrected chi connectivity index (χ0v) is 23.7. The number of hydrogen-bond acceptors (Lipinski definition) is 10. The Balaban J connectivity index is 0.000000416. The maximum Gasteiger partial charge on any atom is 0.335 e. The van der Waals surface area contributed by atoms with Gasteiger partial charge in [-0.15, -0.1) is 0 Å². The lowest BCUT2D eigenvalue weighted by Gasteiger charge is -2.45. The van der Waals surface area contributed by atoms with Crippen LogP contribution in [0.5, 0.6) is 0 Å². The molecule has 0 saturated carbocycles. The average Bonchev–Trinajstić information content (AvgIpc) is 3.35. The minimum atomic E-state index is -2.27. The Kier molecular flexibility index (Phi) is 11.0. The minimum absolute atomic E-state index is 0.0154. The summed E-state index contributed by atoms with van der Waals surface area (Å²) >= 11 is 0. The van der Waals surface area contributed by atoms with Gasteiger partial charge in [-0.1, -0.05) is 12.1 Å². The number of piperidine rings is 1. The van der Waals surface area contributed by atoms with Gasteiger partial charge in [-0.3, -0.25) is 14.4 Å². The lowest BCUT2D eigenvalue weighted by atomic mass is 9.72. The van der Waals surface area contributed by atoms with E-state index in [0.29, 0.717) is 12.6 Å². The van der Waals surface area contributed by atoms with Crippen molar-refractivity contribution in [1.29, 1.82) is 0 Å². The molecule has 230 valence electrons. The van der Waals surface area contributed by atoms with Crippen LogP contribution in [-0.4, -0.2) is 123 Å². The molecule has 0 radical (unpaired) electrons. The van der Waals surface area contributed by atoms with Crippen molar-refractivity contribution in [1.82, 2.24) is 14.8 Å². The van der Waals surface area contributed by atoms with Crippen LogP contribution in [0.3, 0.4) is 0 Å². The molecule has 5 N–H and O–H groups in total. The molecule has 1 aromatic carbocycles. The van der Waals surface area contributed by atoms with E-state index in [1.54, 1.807) is 4.90 Å². The van der Waals surface area contributed by atoms with E-state index in [9.17, 15) is 24.0 Å². The third kappa shape index (κ3) is 7.84. The minimum Gasteiger partial charge on any atom is -0.479 e. The molecule has 1 saturated heterocycles. The normalized spacial score (nSPS) is 20.7. The molecule has 0 spiro atoms. The summed E-state index contributed by atoms with van der Waals surface area (Å²) in [4.78, 5) is 62.7. The Labute approximate surface area is 241 Å². The quantitative estimate of drug-likeness (QED) is 0.231. The number of likely N-dealkylation sites (N-methyl/N-ethyl adjacent to an activating group) is 1. The molecule has 14 heteroatoms. The fourth-order valence-electron chi connectivity index (χ4n) is 5.58. The van der Waals surface area contributed by atoms with Gasteiger partial charge < -0.3 is 44.7 Å². The molecule has 1 aliphatic heterocycles. The summed E-state index contributed by atoms with van der Waals surface area (Å²) in [5.41, 5.74) is 3.81. The van der Waals surface area contributed by atoms with E-state index in [1.165, 1.54) is 30.4 Å². The van der Waals surface area contributed by atoms with E-state index in [2.05, 4.69) is 41.3 Å². The first-order chi connectivity index (χ1) is 19.8. The van der Waals surface area contributed by atoms with E-state index in [1.807, 2.05) is 0 Å². The lowest BCUT2D eigenvalue weighted by molar-refractivity contribution is -0.165. The van der Waals surface area contributed by atoms with Gasteiger partial charge in [0.25, 0.3) is 0 Å². The molecular formula is C28H37N3O11. The van der Waals surface area contributed by atoms with Crippen LogP contribution in [0.4, 0.5) is 0 Å². The van der Waals surface area contributed by atoms with Gasteiger partial charge in [0.1, 0.15) is 13.2 Å². The van der Waals surface area contributed by atoms with Crippen LogP contribution in [-0.2, 0) is 39.9 Å². The summed E-state index contributed by atoms with van der Waals surface area (Å²) in [6.45, 7) is 4.19. The number of nitrogens with zero attached hydrogens (tertiary/aromatic N) is 2. The summed E-state index contributed by atoms with van der Waals surface area (Å²) < 4.78 is 10.1. The van der Waals surface area contributed by atoms with Crippen LogP contribution in [0, 0.1) is 5.92 Å². The molecule has 2 heterocycles. The number of aliphatic hydroxyl groups excluding tert-OH is 2. The topological polar surface area (TPSA) is 207 Å². The van der Waals surface area contributed by atoms with Gasteiger partial charge in [0, 0.05) is 49.5 Å². The van der Waals surface area contributed by atoms with Crippen molar-refractivity contribution in [3.63, 3.8) is 0 Å². The third-order valence-electron chi connectivity index (χ3n) is 7.52. The molecule has 0 unspecified atom stereocenters. The number of aliphatic carboxylic acids is 2. The van der Waals surface area contributed by atoms with Crippen molar-refractivity contribution in [2.45, 2.75) is 50.9 Å². The third-order valence-corrected chi connectivity index (χ3v) is 7.52. The van der Waals surface area contributed by atoms with Gasteiger partial charge in [0.05, 0.1) is 19.0 Å². The SMILES string of the molecule is CC(=O)OCCN(CCOC(C)=O)C(=O)[C@@H]1C[C@@H]2c3cccc4[nH]cc(c34)C[C@H]2N(C)C1.O=C(O)[C@H](O)[C@@H](O)C(=O)O. The number of esters is 2. The van der Waals surface area contributed by atoms with Crippen LogP contribution < -0.4 is 0 Å². The van der Waals surface area contributed by atoms with Gasteiger partial charge in [-0.05, 0) is 37.1 Å². The molecule has 2 aromatic rings. The van der Waals surface area contributed by atoms with E-state index in [0.717, 1.165) is 18.4 Å². The van der Waals surface area contributed by atoms with Crippen molar-refractivity contribution in [3.8, 4) is 0 Å². The number of benzene rings is 1.